The van der Waals surface area contributed by atoms with Gasteiger partial charge in [0.1, 0.15) is 5.65 Å². The predicted octanol–water partition coefficient (Wildman–Crippen LogP) is 2.98. The lowest BCUT2D eigenvalue weighted by molar-refractivity contribution is -0.137. The van der Waals surface area contributed by atoms with Crippen LogP contribution in [0.5, 0.6) is 0 Å². The predicted molar refractivity (Wildman–Crippen MR) is 102 cm³/mol. The van der Waals surface area contributed by atoms with Crippen LogP contribution in [-0.4, -0.2) is 50.1 Å². The number of carbonyl (C=O) groups excluding carboxylic acids is 1. The minimum absolute atomic E-state index is 0.148. The van der Waals surface area contributed by atoms with Crippen molar-refractivity contribution < 1.29 is 14.7 Å². The monoisotopic (exact) mass is 375 g/mol. The van der Waals surface area contributed by atoms with Gasteiger partial charge in [0.25, 0.3) is 0 Å². The number of hydrogen-bond donors (Lipinski definition) is 1. The van der Waals surface area contributed by atoms with E-state index in [1.807, 2.05) is 33.8 Å². The zero-order valence-electron chi connectivity index (χ0n) is 15.1. The maximum Gasteiger partial charge on any atom is 0.303 e. The summed E-state index contributed by atoms with van der Waals surface area (Å²) in [7, 11) is 0. The molecule has 1 saturated heterocycles. The maximum absolute atomic E-state index is 12.5. The lowest BCUT2D eigenvalue weighted by Crippen LogP contribution is -2.41. The molecule has 0 radical (unpaired) electrons. The summed E-state index contributed by atoms with van der Waals surface area (Å²) < 4.78 is 2.02. The number of amides is 1. The Labute approximate surface area is 157 Å². The van der Waals surface area contributed by atoms with Gasteiger partial charge in [-0.05, 0) is 43.7 Å². The number of carboxylic acids is 1. The summed E-state index contributed by atoms with van der Waals surface area (Å²) in [4.78, 5) is 29.7. The molecule has 6 nitrogen and oxygen atoms in total. The zero-order valence-corrected chi connectivity index (χ0v) is 15.9. The van der Waals surface area contributed by atoms with Crippen molar-refractivity contribution in [2.75, 3.05) is 18.8 Å². The number of fused-ring (bicyclic) bond motifs is 1. The van der Waals surface area contributed by atoms with Crippen LogP contribution in [0.1, 0.15) is 36.9 Å². The van der Waals surface area contributed by atoms with Crippen LogP contribution >= 0.6 is 11.8 Å². The van der Waals surface area contributed by atoms with Gasteiger partial charge in [0.15, 0.2) is 0 Å². The van der Waals surface area contributed by atoms with Crippen LogP contribution < -0.4 is 0 Å². The minimum atomic E-state index is -0.758. The molecule has 7 heteroatoms. The van der Waals surface area contributed by atoms with Gasteiger partial charge in [0.05, 0.1) is 11.4 Å². The van der Waals surface area contributed by atoms with Gasteiger partial charge >= 0.3 is 5.97 Å². The lowest BCUT2D eigenvalue weighted by atomic mass is 9.93. The number of rotatable bonds is 7. The topological polar surface area (TPSA) is 74.9 Å². The summed E-state index contributed by atoms with van der Waals surface area (Å²) in [6.45, 7) is 3.53. The molecule has 0 spiro atoms. The third kappa shape index (κ3) is 5.00. The first-order valence-electron chi connectivity index (χ1n) is 9.03. The Morgan fingerprint density at radius 1 is 1.35 bits per heavy atom. The molecule has 3 heterocycles. The first kappa shape index (κ1) is 18.8. The number of aryl methyl sites for hydroxylation is 1. The SMILES string of the molecule is Cc1ccc2nc(CSCC(=O)N3CCCC(CCC(=O)O)C3)cn2c1. The maximum atomic E-state index is 12.5. The Kier molecular flexibility index (Phi) is 6.19. The molecule has 2 aromatic rings. The minimum Gasteiger partial charge on any atom is -0.481 e. The molecule has 0 bridgehead atoms. The van der Waals surface area contributed by atoms with E-state index < -0.39 is 5.97 Å². The van der Waals surface area contributed by atoms with Gasteiger partial charge in [-0.2, -0.15) is 0 Å². The van der Waals surface area contributed by atoms with Crippen molar-refractivity contribution in [3.05, 3.63) is 35.8 Å². The van der Waals surface area contributed by atoms with E-state index in [0.717, 1.165) is 30.7 Å². The number of hydrogen-bond acceptors (Lipinski definition) is 4. The number of aromatic nitrogens is 2. The molecular weight excluding hydrogens is 350 g/mol. The van der Waals surface area contributed by atoms with Crippen LogP contribution in [0.2, 0.25) is 0 Å². The molecule has 0 aliphatic carbocycles. The molecule has 1 aliphatic heterocycles. The summed E-state index contributed by atoms with van der Waals surface area (Å²) in [6.07, 6.45) is 6.90. The Morgan fingerprint density at radius 2 is 2.19 bits per heavy atom. The van der Waals surface area contributed by atoms with Crippen LogP contribution in [0, 0.1) is 12.8 Å². The van der Waals surface area contributed by atoms with Gasteiger partial charge in [-0.3, -0.25) is 9.59 Å². The average molecular weight is 375 g/mol. The number of imidazole rings is 1. The molecule has 1 atom stereocenters. The summed E-state index contributed by atoms with van der Waals surface area (Å²) >= 11 is 1.59. The standard InChI is InChI=1S/C19H25N3O3S/c1-14-4-6-17-20-16(11-22(17)9-14)12-26-13-18(23)21-8-2-3-15(10-21)5-7-19(24)25/h4,6,9,11,15H,2-3,5,7-8,10,12-13H2,1H3,(H,24,25). The first-order valence-corrected chi connectivity index (χ1v) is 10.2. The van der Waals surface area contributed by atoms with Gasteiger partial charge in [0, 0.05) is 37.7 Å². The highest BCUT2D eigenvalue weighted by Crippen LogP contribution is 2.22. The molecule has 2 aromatic heterocycles. The molecule has 1 unspecified atom stereocenters. The Bertz CT molecular complexity index is 789. The summed E-state index contributed by atoms with van der Waals surface area (Å²) in [5, 5.41) is 8.82. The number of pyridine rings is 1. The van der Waals surface area contributed by atoms with Crippen LogP contribution in [-0.2, 0) is 15.3 Å². The van der Waals surface area contributed by atoms with E-state index in [1.54, 1.807) is 11.8 Å². The van der Waals surface area contributed by atoms with Gasteiger partial charge in [0.2, 0.25) is 5.91 Å². The van der Waals surface area contributed by atoms with Gasteiger partial charge < -0.3 is 14.4 Å². The third-order valence-electron chi connectivity index (χ3n) is 4.76. The second kappa shape index (κ2) is 8.58. The van der Waals surface area contributed by atoms with Crippen LogP contribution in [0.15, 0.2) is 24.5 Å². The lowest BCUT2D eigenvalue weighted by Gasteiger charge is -2.32. The summed E-state index contributed by atoms with van der Waals surface area (Å²) in [5.74, 6) is 0.859. The van der Waals surface area contributed by atoms with Crippen LogP contribution in [0.25, 0.3) is 5.65 Å². The molecule has 1 N–H and O–H groups in total. The van der Waals surface area contributed by atoms with Crippen molar-refractivity contribution in [1.29, 1.82) is 0 Å². The van der Waals surface area contributed by atoms with E-state index >= 15 is 0 Å². The van der Waals surface area contributed by atoms with Crippen molar-refractivity contribution in [2.45, 2.75) is 38.4 Å². The van der Waals surface area contributed by atoms with Crippen LogP contribution in [0.3, 0.4) is 0 Å². The largest absolute Gasteiger partial charge is 0.481 e. The van der Waals surface area contributed by atoms with Gasteiger partial charge in [-0.25, -0.2) is 4.98 Å². The fourth-order valence-corrected chi connectivity index (χ4v) is 4.22. The Morgan fingerprint density at radius 3 is 3.00 bits per heavy atom. The highest BCUT2D eigenvalue weighted by Gasteiger charge is 2.23. The second-order valence-electron chi connectivity index (χ2n) is 6.98. The van der Waals surface area contributed by atoms with Crippen LogP contribution in [0.4, 0.5) is 0 Å². The Hall–Kier alpha value is -2.02. The number of thioether (sulfide) groups is 1. The number of aliphatic carboxylic acids is 1. The zero-order chi connectivity index (χ0) is 18.5. The molecule has 3 rings (SSSR count). The Balaban J connectivity index is 1.46. The number of piperidine rings is 1. The molecular formula is C19H25N3O3S. The molecule has 1 amide bonds. The number of nitrogens with zero attached hydrogens (tertiary/aromatic N) is 3. The van der Waals surface area contributed by atoms with E-state index in [9.17, 15) is 9.59 Å². The summed E-state index contributed by atoms with van der Waals surface area (Å²) in [6, 6.07) is 4.04. The molecule has 0 saturated carbocycles. The number of carboxylic acid groups (broad SMARTS) is 1. The van der Waals surface area contributed by atoms with E-state index in [-0.39, 0.29) is 12.3 Å². The molecule has 26 heavy (non-hydrogen) atoms. The highest BCUT2D eigenvalue weighted by atomic mass is 32.2. The van der Waals surface area contributed by atoms with E-state index in [1.165, 1.54) is 5.56 Å². The van der Waals surface area contributed by atoms with E-state index in [0.29, 0.717) is 30.4 Å². The van der Waals surface area contributed by atoms with Gasteiger partial charge in [-0.1, -0.05) is 6.07 Å². The van der Waals surface area contributed by atoms with Crippen molar-refractivity contribution in [2.24, 2.45) is 5.92 Å². The van der Waals surface area contributed by atoms with Crippen molar-refractivity contribution in [3.63, 3.8) is 0 Å². The first-order chi connectivity index (χ1) is 12.5. The van der Waals surface area contributed by atoms with E-state index in [2.05, 4.69) is 11.9 Å². The smallest absolute Gasteiger partial charge is 0.303 e. The van der Waals surface area contributed by atoms with Crippen molar-refractivity contribution in [3.8, 4) is 0 Å². The quantitative estimate of drug-likeness (QED) is 0.805. The normalized spacial score (nSPS) is 17.6. The highest BCUT2D eigenvalue weighted by molar-refractivity contribution is 7.99. The van der Waals surface area contributed by atoms with Crippen molar-refractivity contribution >= 4 is 29.3 Å². The molecule has 1 aliphatic rings. The fraction of sp³-hybridized carbons (Fsp3) is 0.526. The third-order valence-corrected chi connectivity index (χ3v) is 5.71. The summed E-state index contributed by atoms with van der Waals surface area (Å²) in [5.41, 5.74) is 3.09. The second-order valence-corrected chi connectivity index (χ2v) is 7.96. The van der Waals surface area contributed by atoms with Crippen molar-refractivity contribution in [1.82, 2.24) is 14.3 Å². The molecule has 140 valence electrons. The van der Waals surface area contributed by atoms with E-state index in [4.69, 9.17) is 5.11 Å². The number of likely N-dealkylation sites (tertiary alicyclic amines) is 1. The average Bonchev–Trinajstić information content (AvgIpc) is 3.02. The molecule has 1 fully saturated rings. The molecule has 0 aromatic carbocycles. The fourth-order valence-electron chi connectivity index (χ4n) is 3.41. The van der Waals surface area contributed by atoms with Gasteiger partial charge in [-0.15, -0.1) is 11.8 Å². The number of carbonyl (C=O) groups is 2.